The van der Waals surface area contributed by atoms with Crippen molar-refractivity contribution >= 4 is 11.6 Å². The molecule has 0 fully saturated rings. The molecule has 4 rings (SSSR count). The number of aryl methyl sites for hydroxylation is 2. The lowest BCUT2D eigenvalue weighted by molar-refractivity contribution is -0.00930. The van der Waals surface area contributed by atoms with Gasteiger partial charge in [0.25, 0.3) is 5.91 Å². The quantitative estimate of drug-likeness (QED) is 0.391. The van der Waals surface area contributed by atoms with Crippen LogP contribution in [0.4, 0.5) is 8.78 Å². The minimum Gasteiger partial charge on any atom is -0.485 e. The SMILES string of the molecule is Cc1cc(OCc2c(F)cccc2F)c2nc(C)c(C(=O)NOC(C)c3ccccc3)n2c1. The molecule has 6 nitrogen and oxygen atoms in total. The number of nitrogens with one attached hydrogen (secondary N) is 1. The van der Waals surface area contributed by atoms with Crippen molar-refractivity contribution in [1.29, 1.82) is 0 Å². The number of carbonyl (C=O) groups is 1. The minimum absolute atomic E-state index is 0.179. The van der Waals surface area contributed by atoms with Crippen LogP contribution in [0.2, 0.25) is 0 Å². The highest BCUT2D eigenvalue weighted by Crippen LogP contribution is 2.26. The van der Waals surface area contributed by atoms with Crippen molar-refractivity contribution in [3.8, 4) is 5.75 Å². The van der Waals surface area contributed by atoms with E-state index in [0.717, 1.165) is 11.1 Å². The average molecular weight is 451 g/mol. The fourth-order valence-corrected chi connectivity index (χ4v) is 3.54. The maximum atomic E-state index is 14.0. The van der Waals surface area contributed by atoms with E-state index in [1.54, 1.807) is 23.6 Å². The summed E-state index contributed by atoms with van der Waals surface area (Å²) >= 11 is 0. The van der Waals surface area contributed by atoms with E-state index in [2.05, 4.69) is 10.5 Å². The van der Waals surface area contributed by atoms with Gasteiger partial charge in [-0.05, 0) is 50.1 Å². The predicted octanol–water partition coefficient (Wildman–Crippen LogP) is 5.23. The number of pyridine rings is 1. The van der Waals surface area contributed by atoms with Crippen molar-refractivity contribution < 1.29 is 23.1 Å². The third-order valence-corrected chi connectivity index (χ3v) is 5.24. The van der Waals surface area contributed by atoms with Crippen LogP contribution in [0.15, 0.2) is 60.8 Å². The van der Waals surface area contributed by atoms with E-state index in [-0.39, 0.29) is 24.0 Å². The highest BCUT2D eigenvalue weighted by atomic mass is 19.1. The number of fused-ring (bicyclic) bond motifs is 1. The van der Waals surface area contributed by atoms with Crippen LogP contribution in [0.3, 0.4) is 0 Å². The molecule has 1 atom stereocenters. The van der Waals surface area contributed by atoms with Crippen LogP contribution in [-0.2, 0) is 11.4 Å². The maximum absolute atomic E-state index is 14.0. The number of hydroxylamine groups is 1. The molecule has 2 aromatic heterocycles. The first kappa shape index (κ1) is 22.4. The molecule has 2 aromatic carbocycles. The lowest BCUT2D eigenvalue weighted by Gasteiger charge is -2.14. The standard InChI is InChI=1S/C25H23F2N3O3/c1-15-12-22(32-14-19-20(26)10-7-11-21(19)27)24-28-16(2)23(30(24)13-15)25(31)29-33-17(3)18-8-5-4-6-9-18/h4-13,17H,14H2,1-3H3,(H,29,31). The average Bonchev–Trinajstić information content (AvgIpc) is 3.13. The Labute approximate surface area is 189 Å². The van der Waals surface area contributed by atoms with Crippen LogP contribution in [-0.4, -0.2) is 15.3 Å². The van der Waals surface area contributed by atoms with Gasteiger partial charge in [0.2, 0.25) is 0 Å². The number of nitrogens with zero attached hydrogens (tertiary/aromatic N) is 2. The summed E-state index contributed by atoms with van der Waals surface area (Å²) in [4.78, 5) is 22.9. The molecule has 0 saturated carbocycles. The van der Waals surface area contributed by atoms with E-state index in [4.69, 9.17) is 9.57 Å². The summed E-state index contributed by atoms with van der Waals surface area (Å²) < 4.78 is 35.3. The molecule has 0 aliphatic rings. The first-order valence-corrected chi connectivity index (χ1v) is 10.4. The van der Waals surface area contributed by atoms with E-state index in [0.29, 0.717) is 17.1 Å². The molecule has 0 radical (unpaired) electrons. The van der Waals surface area contributed by atoms with Crippen LogP contribution in [0.25, 0.3) is 5.65 Å². The first-order chi connectivity index (χ1) is 15.8. The van der Waals surface area contributed by atoms with Crippen molar-refractivity contribution in [2.45, 2.75) is 33.5 Å². The van der Waals surface area contributed by atoms with Gasteiger partial charge in [-0.3, -0.25) is 14.0 Å². The largest absolute Gasteiger partial charge is 0.485 e. The number of halogens is 2. The minimum atomic E-state index is -0.692. The van der Waals surface area contributed by atoms with Gasteiger partial charge in [0.1, 0.15) is 30.0 Å². The molecular weight excluding hydrogens is 428 g/mol. The van der Waals surface area contributed by atoms with Gasteiger partial charge in [-0.2, -0.15) is 0 Å². The zero-order valence-corrected chi connectivity index (χ0v) is 18.4. The van der Waals surface area contributed by atoms with Crippen molar-refractivity contribution in [3.05, 3.63) is 101 Å². The van der Waals surface area contributed by atoms with E-state index in [1.165, 1.54) is 18.2 Å². The number of imidazole rings is 1. The van der Waals surface area contributed by atoms with Gasteiger partial charge < -0.3 is 4.74 Å². The Hall–Kier alpha value is -3.78. The third kappa shape index (κ3) is 4.70. The van der Waals surface area contributed by atoms with Gasteiger partial charge in [0.15, 0.2) is 11.4 Å². The number of hydrogen-bond acceptors (Lipinski definition) is 4. The summed E-state index contributed by atoms with van der Waals surface area (Å²) in [6, 6.07) is 14.8. The highest BCUT2D eigenvalue weighted by molar-refractivity contribution is 5.94. The maximum Gasteiger partial charge on any atom is 0.293 e. The van der Waals surface area contributed by atoms with Crippen molar-refractivity contribution in [1.82, 2.24) is 14.9 Å². The number of amides is 1. The van der Waals surface area contributed by atoms with Gasteiger partial charge in [-0.15, -0.1) is 0 Å². The first-order valence-electron chi connectivity index (χ1n) is 10.4. The molecule has 1 N–H and O–H groups in total. The number of aromatic nitrogens is 2. The summed E-state index contributed by atoms with van der Waals surface area (Å²) in [5.74, 6) is -1.55. The molecule has 0 aliphatic heterocycles. The zero-order valence-electron chi connectivity index (χ0n) is 18.4. The molecular formula is C25H23F2N3O3. The Morgan fingerprint density at radius 1 is 1.09 bits per heavy atom. The van der Waals surface area contributed by atoms with E-state index < -0.39 is 17.5 Å². The summed E-state index contributed by atoms with van der Waals surface area (Å²) in [6.07, 6.45) is 1.38. The summed E-state index contributed by atoms with van der Waals surface area (Å²) in [5, 5.41) is 0. The van der Waals surface area contributed by atoms with Gasteiger partial charge in [0.05, 0.1) is 11.3 Å². The summed E-state index contributed by atoms with van der Waals surface area (Å²) in [7, 11) is 0. The number of hydrogen-bond donors (Lipinski definition) is 1. The zero-order chi connectivity index (χ0) is 23.5. The van der Waals surface area contributed by atoms with E-state index in [1.807, 2.05) is 44.2 Å². The third-order valence-electron chi connectivity index (χ3n) is 5.24. The monoisotopic (exact) mass is 451 g/mol. The second-order valence-corrected chi connectivity index (χ2v) is 7.71. The Bertz CT molecular complexity index is 1290. The lowest BCUT2D eigenvalue weighted by Crippen LogP contribution is -2.27. The van der Waals surface area contributed by atoms with Gasteiger partial charge in [-0.25, -0.2) is 19.2 Å². The lowest BCUT2D eigenvalue weighted by atomic mass is 10.1. The molecule has 1 unspecified atom stereocenters. The molecule has 2 heterocycles. The number of carbonyl (C=O) groups excluding carboxylic acids is 1. The molecule has 1 amide bonds. The summed E-state index contributed by atoms with van der Waals surface area (Å²) in [5.41, 5.74) is 5.09. The Kier molecular flexibility index (Phi) is 6.37. The smallest absolute Gasteiger partial charge is 0.293 e. The Balaban J connectivity index is 1.58. The number of ether oxygens (including phenoxy) is 1. The molecule has 0 saturated heterocycles. The van der Waals surface area contributed by atoms with Gasteiger partial charge in [0, 0.05) is 6.20 Å². The normalized spacial score (nSPS) is 12.0. The Morgan fingerprint density at radius 3 is 2.48 bits per heavy atom. The summed E-state index contributed by atoms with van der Waals surface area (Å²) in [6.45, 7) is 5.02. The van der Waals surface area contributed by atoms with Crippen molar-refractivity contribution in [2.75, 3.05) is 0 Å². The predicted molar refractivity (Wildman–Crippen MR) is 119 cm³/mol. The molecule has 0 bridgehead atoms. The molecule has 4 aromatic rings. The molecule has 8 heteroatoms. The van der Waals surface area contributed by atoms with Crippen LogP contribution < -0.4 is 10.2 Å². The number of rotatable bonds is 7. The molecule has 170 valence electrons. The number of benzene rings is 2. The van der Waals surface area contributed by atoms with Crippen LogP contribution >= 0.6 is 0 Å². The molecule has 0 spiro atoms. The second kappa shape index (κ2) is 9.38. The fourth-order valence-electron chi connectivity index (χ4n) is 3.54. The Morgan fingerprint density at radius 2 is 1.79 bits per heavy atom. The highest BCUT2D eigenvalue weighted by Gasteiger charge is 2.21. The van der Waals surface area contributed by atoms with Crippen LogP contribution in [0.1, 0.15) is 45.9 Å². The topological polar surface area (TPSA) is 64.9 Å². The molecule has 33 heavy (non-hydrogen) atoms. The van der Waals surface area contributed by atoms with E-state index in [9.17, 15) is 13.6 Å². The van der Waals surface area contributed by atoms with Crippen LogP contribution in [0.5, 0.6) is 5.75 Å². The van der Waals surface area contributed by atoms with Crippen molar-refractivity contribution in [3.63, 3.8) is 0 Å². The van der Waals surface area contributed by atoms with Gasteiger partial charge in [-0.1, -0.05) is 36.4 Å². The van der Waals surface area contributed by atoms with Crippen LogP contribution in [0, 0.1) is 25.5 Å². The second-order valence-electron chi connectivity index (χ2n) is 7.71. The fraction of sp³-hybridized carbons (Fsp3) is 0.200. The van der Waals surface area contributed by atoms with Gasteiger partial charge >= 0.3 is 0 Å². The van der Waals surface area contributed by atoms with E-state index >= 15 is 0 Å². The molecule has 0 aliphatic carbocycles. The van der Waals surface area contributed by atoms with Crippen molar-refractivity contribution in [2.24, 2.45) is 0 Å².